The molecule has 0 aromatic heterocycles. The van der Waals surface area contributed by atoms with Crippen molar-refractivity contribution in [2.24, 2.45) is 5.73 Å². The summed E-state index contributed by atoms with van der Waals surface area (Å²) < 4.78 is 0. The summed E-state index contributed by atoms with van der Waals surface area (Å²) in [7, 11) is 0. The van der Waals surface area contributed by atoms with Crippen molar-refractivity contribution in [2.45, 2.75) is 31.7 Å². The third-order valence-corrected chi connectivity index (χ3v) is 2.09. The molecule has 0 bridgehead atoms. The SMILES string of the molecule is C[C@@H](O)[C@@H](C(N)O)N1CCC1=O. The van der Waals surface area contributed by atoms with Crippen LogP contribution in [0, 0.1) is 0 Å². The van der Waals surface area contributed by atoms with Gasteiger partial charge in [0.2, 0.25) is 5.91 Å². The van der Waals surface area contributed by atoms with E-state index in [1.165, 1.54) is 11.8 Å². The van der Waals surface area contributed by atoms with Gasteiger partial charge in [-0.15, -0.1) is 0 Å². The van der Waals surface area contributed by atoms with Gasteiger partial charge >= 0.3 is 0 Å². The number of hydrogen-bond donors (Lipinski definition) is 3. The molecule has 1 rings (SSSR count). The van der Waals surface area contributed by atoms with Gasteiger partial charge in [0.15, 0.2) is 0 Å². The van der Waals surface area contributed by atoms with Crippen LogP contribution in [0.25, 0.3) is 0 Å². The lowest BCUT2D eigenvalue weighted by Crippen LogP contribution is -2.60. The van der Waals surface area contributed by atoms with E-state index in [4.69, 9.17) is 10.8 Å². The molecule has 0 aromatic carbocycles. The summed E-state index contributed by atoms with van der Waals surface area (Å²) in [5, 5.41) is 18.3. The Morgan fingerprint density at radius 1 is 1.58 bits per heavy atom. The van der Waals surface area contributed by atoms with Crippen molar-refractivity contribution in [2.75, 3.05) is 6.54 Å². The maximum absolute atomic E-state index is 10.9. The van der Waals surface area contributed by atoms with Crippen molar-refractivity contribution in [3.63, 3.8) is 0 Å². The van der Waals surface area contributed by atoms with E-state index in [0.29, 0.717) is 13.0 Å². The van der Waals surface area contributed by atoms with Crippen LogP contribution < -0.4 is 5.73 Å². The summed E-state index contributed by atoms with van der Waals surface area (Å²) in [4.78, 5) is 12.3. The van der Waals surface area contributed by atoms with Crippen molar-refractivity contribution >= 4 is 5.91 Å². The number of amides is 1. The largest absolute Gasteiger partial charge is 0.391 e. The topological polar surface area (TPSA) is 86.8 Å². The van der Waals surface area contributed by atoms with Crippen LogP contribution in [0.15, 0.2) is 0 Å². The number of carbonyl (C=O) groups excluding carboxylic acids is 1. The summed E-state index contributed by atoms with van der Waals surface area (Å²) in [6.45, 7) is 2.08. The molecule has 1 amide bonds. The number of carbonyl (C=O) groups is 1. The Kier molecular flexibility index (Phi) is 2.66. The van der Waals surface area contributed by atoms with E-state index >= 15 is 0 Å². The molecule has 12 heavy (non-hydrogen) atoms. The summed E-state index contributed by atoms with van der Waals surface area (Å²) in [5.41, 5.74) is 5.21. The summed E-state index contributed by atoms with van der Waals surface area (Å²) in [5.74, 6) is -0.0644. The lowest BCUT2D eigenvalue weighted by molar-refractivity contribution is -0.151. The Balaban J connectivity index is 2.59. The molecule has 0 aromatic rings. The third kappa shape index (κ3) is 1.57. The van der Waals surface area contributed by atoms with E-state index in [2.05, 4.69) is 0 Å². The predicted octanol–water partition coefficient (Wildman–Crippen LogP) is -1.75. The molecule has 1 saturated heterocycles. The van der Waals surface area contributed by atoms with Crippen molar-refractivity contribution in [3.05, 3.63) is 0 Å². The van der Waals surface area contributed by atoms with E-state index in [0.717, 1.165) is 0 Å². The molecule has 0 saturated carbocycles. The van der Waals surface area contributed by atoms with Crippen LogP contribution >= 0.6 is 0 Å². The zero-order valence-corrected chi connectivity index (χ0v) is 6.97. The Hall–Kier alpha value is -0.650. The minimum absolute atomic E-state index is 0.0644. The van der Waals surface area contributed by atoms with E-state index in [1.807, 2.05) is 0 Å². The zero-order chi connectivity index (χ0) is 9.30. The smallest absolute Gasteiger partial charge is 0.224 e. The van der Waals surface area contributed by atoms with E-state index in [9.17, 15) is 9.90 Å². The molecule has 4 N–H and O–H groups in total. The average Bonchev–Trinajstić information content (AvgIpc) is 1.95. The first kappa shape index (κ1) is 9.44. The quantitative estimate of drug-likeness (QED) is 0.349. The maximum Gasteiger partial charge on any atom is 0.224 e. The standard InChI is InChI=1S/C7H14N2O3/c1-4(10)6(7(8)12)9-3-2-5(9)11/h4,6-7,10,12H,2-3,8H2,1H3/t4-,6+,7?/m1/s1. The molecular formula is C7H14N2O3. The lowest BCUT2D eigenvalue weighted by atomic mass is 10.0. The Morgan fingerprint density at radius 3 is 2.25 bits per heavy atom. The van der Waals surface area contributed by atoms with E-state index in [-0.39, 0.29) is 5.91 Å². The van der Waals surface area contributed by atoms with Crippen LogP contribution in [0.1, 0.15) is 13.3 Å². The van der Waals surface area contributed by atoms with Crippen molar-refractivity contribution in [1.29, 1.82) is 0 Å². The van der Waals surface area contributed by atoms with Crippen LogP contribution in [-0.2, 0) is 4.79 Å². The number of nitrogens with zero attached hydrogens (tertiary/aromatic N) is 1. The molecule has 1 heterocycles. The van der Waals surface area contributed by atoms with Gasteiger partial charge in [-0.25, -0.2) is 0 Å². The highest BCUT2D eigenvalue weighted by molar-refractivity contribution is 5.82. The summed E-state index contributed by atoms with van der Waals surface area (Å²) >= 11 is 0. The first-order valence-corrected chi connectivity index (χ1v) is 3.95. The molecular weight excluding hydrogens is 160 g/mol. The second-order valence-electron chi connectivity index (χ2n) is 3.06. The first-order chi connectivity index (χ1) is 5.54. The van der Waals surface area contributed by atoms with Crippen LogP contribution in [0.3, 0.4) is 0 Å². The molecule has 70 valence electrons. The Morgan fingerprint density at radius 2 is 2.17 bits per heavy atom. The molecule has 1 aliphatic heterocycles. The Bertz CT molecular complexity index is 173. The fourth-order valence-corrected chi connectivity index (χ4v) is 1.38. The number of nitrogens with two attached hydrogens (primary N) is 1. The van der Waals surface area contributed by atoms with Crippen LogP contribution in [0.2, 0.25) is 0 Å². The van der Waals surface area contributed by atoms with Gasteiger partial charge in [0.05, 0.1) is 12.1 Å². The fourth-order valence-electron chi connectivity index (χ4n) is 1.38. The molecule has 0 radical (unpaired) electrons. The van der Waals surface area contributed by atoms with Gasteiger partial charge < -0.3 is 20.8 Å². The minimum atomic E-state index is -1.17. The van der Waals surface area contributed by atoms with Gasteiger partial charge in [-0.1, -0.05) is 0 Å². The highest BCUT2D eigenvalue weighted by Crippen LogP contribution is 2.17. The number of aliphatic hydroxyl groups is 2. The normalized spacial score (nSPS) is 24.7. The second-order valence-corrected chi connectivity index (χ2v) is 3.06. The molecule has 1 fully saturated rings. The minimum Gasteiger partial charge on any atom is -0.391 e. The van der Waals surface area contributed by atoms with Gasteiger partial charge in [-0.2, -0.15) is 0 Å². The molecule has 1 aliphatic rings. The maximum atomic E-state index is 10.9. The summed E-state index contributed by atoms with van der Waals surface area (Å²) in [6, 6.07) is -0.661. The number of likely N-dealkylation sites (tertiary alicyclic amines) is 1. The van der Waals surface area contributed by atoms with Gasteiger partial charge in [0.1, 0.15) is 6.23 Å². The molecule has 1 unspecified atom stereocenters. The molecule has 0 aliphatic carbocycles. The van der Waals surface area contributed by atoms with Crippen LogP contribution in [0.4, 0.5) is 0 Å². The zero-order valence-electron chi connectivity index (χ0n) is 6.97. The van der Waals surface area contributed by atoms with Gasteiger partial charge in [0, 0.05) is 13.0 Å². The van der Waals surface area contributed by atoms with Gasteiger partial charge in [-0.05, 0) is 6.92 Å². The van der Waals surface area contributed by atoms with Crippen molar-refractivity contribution in [3.8, 4) is 0 Å². The second kappa shape index (κ2) is 3.38. The number of β-lactam (4-membered cyclic amide) rings is 1. The van der Waals surface area contributed by atoms with Crippen molar-refractivity contribution < 1.29 is 15.0 Å². The lowest BCUT2D eigenvalue weighted by Gasteiger charge is -2.40. The van der Waals surface area contributed by atoms with Crippen LogP contribution in [-0.4, -0.2) is 45.9 Å². The van der Waals surface area contributed by atoms with Crippen LogP contribution in [0.5, 0.6) is 0 Å². The molecule has 5 heteroatoms. The molecule has 3 atom stereocenters. The van der Waals surface area contributed by atoms with Crippen molar-refractivity contribution in [1.82, 2.24) is 4.90 Å². The van der Waals surface area contributed by atoms with E-state index in [1.54, 1.807) is 0 Å². The highest BCUT2D eigenvalue weighted by Gasteiger charge is 2.36. The van der Waals surface area contributed by atoms with Gasteiger partial charge in [0.25, 0.3) is 0 Å². The molecule has 5 nitrogen and oxygen atoms in total. The highest BCUT2D eigenvalue weighted by atomic mass is 16.3. The Labute approximate surface area is 70.8 Å². The average molecular weight is 174 g/mol. The fraction of sp³-hybridized carbons (Fsp3) is 0.857. The monoisotopic (exact) mass is 174 g/mol. The van der Waals surface area contributed by atoms with E-state index < -0.39 is 18.4 Å². The first-order valence-electron chi connectivity index (χ1n) is 3.95. The summed E-state index contributed by atoms with van der Waals surface area (Å²) in [6.07, 6.45) is -1.49. The predicted molar refractivity (Wildman–Crippen MR) is 42.0 cm³/mol. The molecule has 0 spiro atoms. The number of rotatable bonds is 3. The van der Waals surface area contributed by atoms with Gasteiger partial charge in [-0.3, -0.25) is 4.79 Å². The number of hydrogen-bond acceptors (Lipinski definition) is 4. The number of aliphatic hydroxyl groups excluding tert-OH is 2. The third-order valence-electron chi connectivity index (χ3n) is 2.09.